The zero-order valence-corrected chi connectivity index (χ0v) is 8.33. The number of aromatic hydroxyl groups is 1. The van der Waals surface area contributed by atoms with E-state index in [4.69, 9.17) is 10.8 Å². The molecule has 4 N–H and O–H groups in total. The summed E-state index contributed by atoms with van der Waals surface area (Å²) in [5, 5.41) is 11.4. The average Bonchev–Trinajstić information content (AvgIpc) is 2.22. The van der Waals surface area contributed by atoms with Crippen LogP contribution in [0.15, 0.2) is 18.2 Å². The van der Waals surface area contributed by atoms with E-state index in [1.165, 1.54) is 12.1 Å². The van der Waals surface area contributed by atoms with Crippen LogP contribution in [0.1, 0.15) is 13.3 Å². The highest BCUT2D eigenvalue weighted by Crippen LogP contribution is 2.19. The number of amides is 1. The Bertz CT molecular complexity index is 368. The fourth-order valence-electron chi connectivity index (χ4n) is 1.01. The van der Waals surface area contributed by atoms with E-state index in [1.54, 1.807) is 6.92 Å². The lowest BCUT2D eigenvalue weighted by Gasteiger charge is -2.10. The number of hydrogen-bond donors (Lipinski definition) is 3. The topological polar surface area (TPSA) is 75.4 Å². The molecule has 0 heterocycles. The predicted molar refractivity (Wildman–Crippen MR) is 55.0 cm³/mol. The first-order chi connectivity index (χ1) is 7.04. The summed E-state index contributed by atoms with van der Waals surface area (Å²) in [6.45, 7) is 1.78. The summed E-state index contributed by atoms with van der Waals surface area (Å²) in [5.41, 5.74) is 5.75. The van der Waals surface area contributed by atoms with Crippen LogP contribution in [-0.4, -0.2) is 17.1 Å². The largest absolute Gasteiger partial charge is 0.505 e. The van der Waals surface area contributed by atoms with Gasteiger partial charge >= 0.3 is 0 Å². The number of halogens is 1. The molecule has 1 rings (SSSR count). The summed E-state index contributed by atoms with van der Waals surface area (Å²) < 4.78 is 12.9. The van der Waals surface area contributed by atoms with Gasteiger partial charge in [-0.25, -0.2) is 4.39 Å². The molecule has 15 heavy (non-hydrogen) atoms. The van der Waals surface area contributed by atoms with Crippen molar-refractivity contribution in [2.45, 2.75) is 19.4 Å². The van der Waals surface area contributed by atoms with Gasteiger partial charge in [0.05, 0.1) is 6.04 Å². The van der Waals surface area contributed by atoms with Gasteiger partial charge < -0.3 is 16.2 Å². The monoisotopic (exact) mass is 212 g/mol. The zero-order valence-electron chi connectivity index (χ0n) is 8.33. The normalized spacial score (nSPS) is 12.2. The first-order valence-corrected chi connectivity index (χ1v) is 4.59. The van der Waals surface area contributed by atoms with Crippen molar-refractivity contribution in [1.29, 1.82) is 0 Å². The summed E-state index contributed by atoms with van der Waals surface area (Å²) in [5.74, 6) is -1.60. The fraction of sp³-hybridized carbons (Fsp3) is 0.300. The second-order valence-corrected chi connectivity index (χ2v) is 3.17. The van der Waals surface area contributed by atoms with Crippen molar-refractivity contribution in [2.75, 3.05) is 5.32 Å². The second kappa shape index (κ2) is 4.75. The third-order valence-electron chi connectivity index (χ3n) is 1.99. The molecule has 0 aliphatic heterocycles. The number of phenolic OH excluding ortho intramolecular Hbond substituents is 1. The molecule has 1 aromatic carbocycles. The molecule has 0 saturated carbocycles. The standard InChI is InChI=1S/C10H13FN2O2/c1-2-8(12)10(15)13-6-3-4-9(14)7(11)5-6/h3-5,8,14H,2,12H2,1H3,(H,13,15)/t8-/m1/s1. The molecule has 5 heteroatoms. The van der Waals surface area contributed by atoms with Crippen LogP contribution in [0.4, 0.5) is 10.1 Å². The molecule has 0 aromatic heterocycles. The van der Waals surface area contributed by atoms with Gasteiger partial charge in [-0.3, -0.25) is 4.79 Å². The number of rotatable bonds is 3. The maximum absolute atomic E-state index is 12.9. The van der Waals surface area contributed by atoms with Gasteiger partial charge in [-0.1, -0.05) is 6.92 Å². The Morgan fingerprint density at radius 3 is 2.87 bits per heavy atom. The van der Waals surface area contributed by atoms with Crippen LogP contribution in [0.5, 0.6) is 5.75 Å². The molecule has 0 saturated heterocycles. The number of nitrogens with two attached hydrogens (primary N) is 1. The average molecular weight is 212 g/mol. The van der Waals surface area contributed by atoms with E-state index in [9.17, 15) is 9.18 Å². The van der Waals surface area contributed by atoms with Gasteiger partial charge in [-0.2, -0.15) is 0 Å². The smallest absolute Gasteiger partial charge is 0.241 e. The van der Waals surface area contributed by atoms with E-state index >= 15 is 0 Å². The Balaban J connectivity index is 2.73. The number of carbonyl (C=O) groups excluding carboxylic acids is 1. The molecule has 1 amide bonds. The van der Waals surface area contributed by atoms with Crippen LogP contribution >= 0.6 is 0 Å². The Hall–Kier alpha value is -1.62. The van der Waals surface area contributed by atoms with Crippen LogP contribution in [0.3, 0.4) is 0 Å². The second-order valence-electron chi connectivity index (χ2n) is 3.17. The van der Waals surface area contributed by atoms with E-state index in [-0.39, 0.29) is 11.6 Å². The molecule has 1 atom stereocenters. The number of anilines is 1. The molecule has 0 aliphatic carbocycles. The van der Waals surface area contributed by atoms with Crippen molar-refractivity contribution >= 4 is 11.6 Å². The van der Waals surface area contributed by atoms with Crippen molar-refractivity contribution in [3.05, 3.63) is 24.0 Å². The van der Waals surface area contributed by atoms with Crippen molar-refractivity contribution < 1.29 is 14.3 Å². The summed E-state index contributed by atoms with van der Waals surface area (Å²) in [6.07, 6.45) is 0.506. The van der Waals surface area contributed by atoms with Gasteiger partial charge in [0, 0.05) is 11.8 Å². The lowest BCUT2D eigenvalue weighted by molar-refractivity contribution is -0.117. The van der Waals surface area contributed by atoms with Gasteiger partial charge in [0.25, 0.3) is 0 Å². The summed E-state index contributed by atoms with van der Waals surface area (Å²) in [6, 6.07) is 3.00. The molecule has 4 nitrogen and oxygen atoms in total. The Kier molecular flexibility index (Phi) is 3.62. The van der Waals surface area contributed by atoms with Crippen molar-refractivity contribution in [3.63, 3.8) is 0 Å². The van der Waals surface area contributed by atoms with Crippen LogP contribution in [-0.2, 0) is 4.79 Å². The van der Waals surface area contributed by atoms with Crippen LogP contribution in [0.25, 0.3) is 0 Å². The molecular formula is C10H13FN2O2. The first kappa shape index (κ1) is 11.5. The van der Waals surface area contributed by atoms with E-state index in [0.29, 0.717) is 6.42 Å². The maximum Gasteiger partial charge on any atom is 0.241 e. The van der Waals surface area contributed by atoms with Gasteiger partial charge in [0.2, 0.25) is 5.91 Å². The van der Waals surface area contributed by atoms with E-state index in [0.717, 1.165) is 6.07 Å². The Morgan fingerprint density at radius 2 is 2.33 bits per heavy atom. The SMILES string of the molecule is CC[C@@H](N)C(=O)Nc1ccc(O)c(F)c1. The molecule has 1 aromatic rings. The van der Waals surface area contributed by atoms with Gasteiger partial charge in [0.1, 0.15) is 0 Å². The summed E-state index contributed by atoms with van der Waals surface area (Å²) in [7, 11) is 0. The van der Waals surface area contributed by atoms with Gasteiger partial charge in [-0.05, 0) is 18.6 Å². The molecule has 0 unspecified atom stereocenters. The van der Waals surface area contributed by atoms with Gasteiger partial charge in [-0.15, -0.1) is 0 Å². The van der Waals surface area contributed by atoms with Crippen molar-refractivity contribution in [1.82, 2.24) is 0 Å². The number of benzene rings is 1. The minimum absolute atomic E-state index is 0.277. The minimum atomic E-state index is -0.780. The number of nitrogens with one attached hydrogen (secondary N) is 1. The predicted octanol–water partition coefficient (Wildman–Crippen LogP) is 1.21. The molecule has 0 bridgehead atoms. The Morgan fingerprint density at radius 1 is 1.67 bits per heavy atom. The highest BCUT2D eigenvalue weighted by Gasteiger charge is 2.11. The zero-order chi connectivity index (χ0) is 11.4. The third kappa shape index (κ3) is 2.92. The molecule has 0 radical (unpaired) electrons. The number of carbonyl (C=O) groups is 1. The highest BCUT2D eigenvalue weighted by molar-refractivity contribution is 5.94. The minimum Gasteiger partial charge on any atom is -0.505 e. The molecular weight excluding hydrogens is 199 g/mol. The fourth-order valence-corrected chi connectivity index (χ4v) is 1.01. The number of hydrogen-bond acceptors (Lipinski definition) is 3. The van der Waals surface area contributed by atoms with E-state index in [1.807, 2.05) is 0 Å². The van der Waals surface area contributed by atoms with Crippen LogP contribution in [0.2, 0.25) is 0 Å². The maximum atomic E-state index is 12.9. The Labute approximate surface area is 86.9 Å². The van der Waals surface area contributed by atoms with Gasteiger partial charge in [0.15, 0.2) is 11.6 Å². The van der Waals surface area contributed by atoms with E-state index in [2.05, 4.69) is 5.32 Å². The molecule has 0 fully saturated rings. The lowest BCUT2D eigenvalue weighted by Crippen LogP contribution is -2.34. The molecule has 82 valence electrons. The quantitative estimate of drug-likeness (QED) is 0.659. The highest BCUT2D eigenvalue weighted by atomic mass is 19.1. The van der Waals surface area contributed by atoms with Crippen molar-refractivity contribution in [3.8, 4) is 5.75 Å². The first-order valence-electron chi connectivity index (χ1n) is 4.59. The number of phenols is 1. The van der Waals surface area contributed by atoms with Crippen molar-refractivity contribution in [2.24, 2.45) is 5.73 Å². The third-order valence-corrected chi connectivity index (χ3v) is 1.99. The summed E-state index contributed by atoms with van der Waals surface area (Å²) in [4.78, 5) is 11.3. The molecule has 0 spiro atoms. The molecule has 0 aliphatic rings. The van der Waals surface area contributed by atoms with Crippen LogP contribution in [0, 0.1) is 5.82 Å². The lowest BCUT2D eigenvalue weighted by atomic mass is 10.2. The summed E-state index contributed by atoms with van der Waals surface area (Å²) >= 11 is 0. The van der Waals surface area contributed by atoms with Crippen LogP contribution < -0.4 is 11.1 Å². The van der Waals surface area contributed by atoms with E-state index < -0.39 is 17.6 Å².